The predicted octanol–water partition coefficient (Wildman–Crippen LogP) is 5.16. The van der Waals surface area contributed by atoms with Gasteiger partial charge in [-0.3, -0.25) is 4.90 Å². The van der Waals surface area contributed by atoms with Crippen LogP contribution in [0.2, 0.25) is 0 Å². The van der Waals surface area contributed by atoms with Crippen molar-refractivity contribution in [2.45, 2.75) is 19.6 Å². The quantitative estimate of drug-likeness (QED) is 0.298. The lowest BCUT2D eigenvalue weighted by Gasteiger charge is -2.25. The summed E-state index contributed by atoms with van der Waals surface area (Å²) in [7, 11) is 3.32. The summed E-state index contributed by atoms with van der Waals surface area (Å²) in [6.07, 6.45) is -0.626. The molecule has 0 saturated heterocycles. The molecule has 0 bridgehead atoms. The molecule has 0 radical (unpaired) electrons. The van der Waals surface area contributed by atoms with Gasteiger partial charge in [0.2, 0.25) is 5.88 Å². The normalized spacial score (nSPS) is 12.0. The second kappa shape index (κ2) is 12.4. The Kier molecular flexibility index (Phi) is 8.73. The maximum atomic E-state index is 10.9. The Hall–Kier alpha value is -3.65. The summed E-state index contributed by atoms with van der Waals surface area (Å²) in [5.41, 5.74) is 3.60. The fraction of sp³-hybridized carbons (Fsp3) is 0.276. The Labute approximate surface area is 212 Å². The maximum absolute atomic E-state index is 10.9. The number of ether oxygens (including phenoxy) is 3. The molecule has 3 aromatic carbocycles. The molecule has 4 aromatic rings. The average Bonchev–Trinajstić information content (AvgIpc) is 3.23. The zero-order valence-corrected chi connectivity index (χ0v) is 21.0. The number of aryl methyl sites for hydroxylation is 1. The second-order valence-electron chi connectivity index (χ2n) is 8.55. The molecule has 36 heavy (non-hydrogen) atoms. The van der Waals surface area contributed by atoms with Crippen LogP contribution >= 0.6 is 0 Å². The number of benzene rings is 3. The van der Waals surface area contributed by atoms with Gasteiger partial charge in [0, 0.05) is 26.7 Å². The molecule has 1 unspecified atom stereocenters. The number of nitrogens with zero attached hydrogens (tertiary/aromatic N) is 3. The topological polar surface area (TPSA) is 69.0 Å². The van der Waals surface area contributed by atoms with E-state index in [2.05, 4.69) is 4.90 Å². The maximum Gasteiger partial charge on any atom is 0.227 e. The Morgan fingerprint density at radius 3 is 2.17 bits per heavy atom. The van der Waals surface area contributed by atoms with Crippen molar-refractivity contribution < 1.29 is 19.3 Å². The number of hydrogen-bond acceptors (Lipinski definition) is 6. The van der Waals surface area contributed by atoms with Gasteiger partial charge >= 0.3 is 0 Å². The van der Waals surface area contributed by atoms with E-state index in [-0.39, 0.29) is 0 Å². The molecule has 4 rings (SSSR count). The second-order valence-corrected chi connectivity index (χ2v) is 8.55. The van der Waals surface area contributed by atoms with Gasteiger partial charge in [-0.2, -0.15) is 5.10 Å². The molecule has 0 saturated carbocycles. The van der Waals surface area contributed by atoms with Crippen molar-refractivity contribution in [3.63, 3.8) is 0 Å². The van der Waals surface area contributed by atoms with Gasteiger partial charge in [0.15, 0.2) is 0 Å². The summed E-state index contributed by atoms with van der Waals surface area (Å²) in [5, 5.41) is 15.8. The van der Waals surface area contributed by atoms with Crippen LogP contribution in [0.3, 0.4) is 0 Å². The van der Waals surface area contributed by atoms with E-state index in [9.17, 15) is 5.11 Å². The fourth-order valence-corrected chi connectivity index (χ4v) is 4.03. The van der Waals surface area contributed by atoms with Gasteiger partial charge in [0.05, 0.1) is 36.8 Å². The van der Waals surface area contributed by atoms with Gasteiger partial charge in [0.25, 0.3) is 0 Å². The lowest BCUT2D eigenvalue weighted by molar-refractivity contribution is 0.0844. The molecule has 1 N–H and O–H groups in total. The van der Waals surface area contributed by atoms with Crippen LogP contribution in [0.15, 0.2) is 84.9 Å². The monoisotopic (exact) mass is 487 g/mol. The third-order valence-corrected chi connectivity index (χ3v) is 6.02. The Balaban J connectivity index is 1.67. The number of hydrogen-bond donors (Lipinski definition) is 1. The van der Waals surface area contributed by atoms with E-state index >= 15 is 0 Å². The van der Waals surface area contributed by atoms with E-state index < -0.39 is 6.10 Å². The highest BCUT2D eigenvalue weighted by molar-refractivity contribution is 5.44. The summed E-state index contributed by atoms with van der Waals surface area (Å²) < 4.78 is 18.9. The van der Waals surface area contributed by atoms with E-state index in [1.807, 2.05) is 96.5 Å². The standard InChI is InChI=1S/C29H33N3O4/c1-22-27(20-31(18-19-34-2)21-28(33)23-10-6-4-7-11-23)29(32(30-22)24-12-8-5-9-13-24)36-26-16-14-25(35-3)15-17-26/h4-17,28,33H,18-21H2,1-3H3. The van der Waals surface area contributed by atoms with Crippen molar-refractivity contribution in [1.82, 2.24) is 14.7 Å². The molecule has 7 heteroatoms. The van der Waals surface area contributed by atoms with Crippen LogP contribution in [-0.2, 0) is 11.3 Å². The average molecular weight is 488 g/mol. The van der Waals surface area contributed by atoms with Gasteiger partial charge in [-0.05, 0) is 48.9 Å². The SMILES string of the molecule is COCCN(Cc1c(C)nn(-c2ccccc2)c1Oc1ccc(OC)cc1)CC(O)c1ccccc1. The third kappa shape index (κ3) is 6.31. The summed E-state index contributed by atoms with van der Waals surface area (Å²) in [6.45, 7) is 4.17. The van der Waals surface area contributed by atoms with E-state index in [1.54, 1.807) is 14.2 Å². The molecule has 0 spiro atoms. The molecule has 1 atom stereocenters. The van der Waals surface area contributed by atoms with Crippen molar-refractivity contribution >= 4 is 0 Å². The molecular formula is C29H33N3O4. The molecule has 0 aliphatic carbocycles. The number of aromatic nitrogens is 2. The van der Waals surface area contributed by atoms with Gasteiger partial charge < -0.3 is 19.3 Å². The first-order valence-corrected chi connectivity index (χ1v) is 12.0. The highest BCUT2D eigenvalue weighted by atomic mass is 16.5. The van der Waals surface area contributed by atoms with E-state index in [0.717, 1.165) is 28.3 Å². The van der Waals surface area contributed by atoms with Gasteiger partial charge in [-0.15, -0.1) is 0 Å². The van der Waals surface area contributed by atoms with Crippen molar-refractivity contribution in [1.29, 1.82) is 0 Å². The molecule has 0 fully saturated rings. The lowest BCUT2D eigenvalue weighted by atomic mass is 10.1. The predicted molar refractivity (Wildman–Crippen MR) is 140 cm³/mol. The highest BCUT2D eigenvalue weighted by Crippen LogP contribution is 2.32. The van der Waals surface area contributed by atoms with Gasteiger partial charge in [0.1, 0.15) is 11.5 Å². The van der Waals surface area contributed by atoms with Crippen LogP contribution in [0.25, 0.3) is 5.69 Å². The van der Waals surface area contributed by atoms with E-state index in [1.165, 1.54) is 0 Å². The first-order valence-electron chi connectivity index (χ1n) is 12.0. The minimum atomic E-state index is -0.626. The van der Waals surface area contributed by atoms with Gasteiger partial charge in [-0.25, -0.2) is 4.68 Å². The number of aliphatic hydroxyl groups excluding tert-OH is 1. The van der Waals surface area contributed by atoms with Crippen LogP contribution < -0.4 is 9.47 Å². The Bertz CT molecular complexity index is 1210. The van der Waals surface area contributed by atoms with Crippen molar-refractivity contribution in [2.75, 3.05) is 33.9 Å². The molecule has 0 aliphatic rings. The number of aliphatic hydroxyl groups is 1. The Morgan fingerprint density at radius 1 is 0.889 bits per heavy atom. The number of para-hydroxylation sites is 1. The minimum Gasteiger partial charge on any atom is -0.497 e. The summed E-state index contributed by atoms with van der Waals surface area (Å²) in [5.74, 6) is 2.08. The highest BCUT2D eigenvalue weighted by Gasteiger charge is 2.23. The summed E-state index contributed by atoms with van der Waals surface area (Å²) in [4.78, 5) is 2.17. The zero-order valence-electron chi connectivity index (χ0n) is 21.0. The number of rotatable bonds is 12. The molecule has 0 amide bonds. The summed E-state index contributed by atoms with van der Waals surface area (Å²) >= 11 is 0. The van der Waals surface area contributed by atoms with E-state index in [0.29, 0.717) is 37.9 Å². The Morgan fingerprint density at radius 2 is 1.53 bits per heavy atom. The third-order valence-electron chi connectivity index (χ3n) is 6.02. The molecule has 1 heterocycles. The number of methoxy groups -OCH3 is 2. The largest absolute Gasteiger partial charge is 0.497 e. The first kappa shape index (κ1) is 25.4. The first-order chi connectivity index (χ1) is 17.6. The van der Waals surface area contributed by atoms with Crippen LogP contribution in [0.5, 0.6) is 17.4 Å². The minimum absolute atomic E-state index is 0.450. The van der Waals surface area contributed by atoms with Gasteiger partial charge in [-0.1, -0.05) is 48.5 Å². The zero-order chi connectivity index (χ0) is 25.3. The van der Waals surface area contributed by atoms with Crippen LogP contribution in [0.4, 0.5) is 0 Å². The van der Waals surface area contributed by atoms with Crippen LogP contribution in [0.1, 0.15) is 22.9 Å². The van der Waals surface area contributed by atoms with Crippen molar-refractivity contribution in [3.8, 4) is 23.1 Å². The smallest absolute Gasteiger partial charge is 0.227 e. The lowest BCUT2D eigenvalue weighted by Crippen LogP contribution is -2.31. The molecule has 0 aliphatic heterocycles. The van der Waals surface area contributed by atoms with Crippen molar-refractivity contribution in [2.24, 2.45) is 0 Å². The molecular weight excluding hydrogens is 454 g/mol. The van der Waals surface area contributed by atoms with Crippen molar-refractivity contribution in [3.05, 3.63) is 102 Å². The molecule has 188 valence electrons. The van der Waals surface area contributed by atoms with Crippen LogP contribution in [0, 0.1) is 6.92 Å². The molecule has 1 aromatic heterocycles. The van der Waals surface area contributed by atoms with E-state index in [4.69, 9.17) is 19.3 Å². The molecule has 7 nitrogen and oxygen atoms in total. The van der Waals surface area contributed by atoms with Crippen LogP contribution in [-0.4, -0.2) is 53.7 Å². The fourth-order valence-electron chi connectivity index (χ4n) is 4.03. The summed E-state index contributed by atoms with van der Waals surface area (Å²) in [6, 6.07) is 27.1.